The Bertz CT molecular complexity index is 292. The SMILES string of the molecule is CS(=O)(=O)CCCN(CCBr)CC(F)(F)F. The van der Waals surface area contributed by atoms with Crippen LogP contribution in [0.4, 0.5) is 13.2 Å². The summed E-state index contributed by atoms with van der Waals surface area (Å²) in [4.78, 5) is 1.19. The van der Waals surface area contributed by atoms with E-state index in [0.29, 0.717) is 5.33 Å². The van der Waals surface area contributed by atoms with E-state index in [1.54, 1.807) is 0 Å². The Kier molecular flexibility index (Phi) is 6.88. The van der Waals surface area contributed by atoms with Gasteiger partial charge in [0.05, 0.1) is 12.3 Å². The predicted molar refractivity (Wildman–Crippen MR) is 60.6 cm³/mol. The normalized spacial score (nSPS) is 13.4. The first kappa shape index (κ1) is 16.2. The highest BCUT2D eigenvalue weighted by molar-refractivity contribution is 9.09. The zero-order chi connectivity index (χ0) is 12.8. The van der Waals surface area contributed by atoms with Crippen LogP contribution in [0.5, 0.6) is 0 Å². The van der Waals surface area contributed by atoms with Gasteiger partial charge in [0.2, 0.25) is 0 Å². The molecule has 98 valence electrons. The van der Waals surface area contributed by atoms with Gasteiger partial charge in [-0.05, 0) is 13.0 Å². The van der Waals surface area contributed by atoms with Crippen molar-refractivity contribution in [3.63, 3.8) is 0 Å². The molecule has 0 rings (SSSR count). The molecule has 0 aromatic heterocycles. The average Bonchev–Trinajstić information content (AvgIpc) is 1.98. The number of rotatable bonds is 7. The first-order valence-corrected chi connectivity index (χ1v) is 7.85. The summed E-state index contributed by atoms with van der Waals surface area (Å²) >= 11 is 3.06. The van der Waals surface area contributed by atoms with Crippen LogP contribution in [0.25, 0.3) is 0 Å². The molecule has 0 aromatic rings. The largest absolute Gasteiger partial charge is 0.401 e. The minimum absolute atomic E-state index is 0.0797. The van der Waals surface area contributed by atoms with Crippen molar-refractivity contribution >= 4 is 25.8 Å². The van der Waals surface area contributed by atoms with E-state index < -0.39 is 22.6 Å². The van der Waals surface area contributed by atoms with Gasteiger partial charge in [-0.3, -0.25) is 4.90 Å². The standard InChI is InChI=1S/C8H15BrF3NO2S/c1-16(14,15)6-2-4-13(5-3-9)7-8(10,11)12/h2-7H2,1H3. The lowest BCUT2D eigenvalue weighted by Crippen LogP contribution is -2.36. The lowest BCUT2D eigenvalue weighted by molar-refractivity contribution is -0.145. The van der Waals surface area contributed by atoms with Gasteiger partial charge in [0, 0.05) is 18.1 Å². The number of hydrogen-bond donors (Lipinski definition) is 0. The molecule has 0 aliphatic rings. The van der Waals surface area contributed by atoms with Crippen molar-refractivity contribution in [2.45, 2.75) is 12.6 Å². The Morgan fingerprint density at radius 3 is 2.19 bits per heavy atom. The van der Waals surface area contributed by atoms with E-state index in [1.165, 1.54) is 4.90 Å². The summed E-state index contributed by atoms with van der Waals surface area (Å²) in [6.07, 6.45) is -2.94. The first-order valence-electron chi connectivity index (χ1n) is 4.67. The van der Waals surface area contributed by atoms with Crippen molar-refractivity contribution in [2.75, 3.05) is 37.0 Å². The monoisotopic (exact) mass is 325 g/mol. The molecule has 0 atom stereocenters. The molecule has 0 amide bonds. The van der Waals surface area contributed by atoms with Crippen LogP contribution in [0.15, 0.2) is 0 Å². The van der Waals surface area contributed by atoms with Gasteiger partial charge in [0.25, 0.3) is 0 Å². The van der Waals surface area contributed by atoms with Gasteiger partial charge in [-0.2, -0.15) is 13.2 Å². The van der Waals surface area contributed by atoms with E-state index in [2.05, 4.69) is 15.9 Å². The molecule has 0 unspecified atom stereocenters. The Morgan fingerprint density at radius 2 is 1.81 bits per heavy atom. The quantitative estimate of drug-likeness (QED) is 0.668. The summed E-state index contributed by atoms with van der Waals surface area (Å²) in [6.45, 7) is -0.607. The minimum atomic E-state index is -4.24. The molecule has 0 heterocycles. The van der Waals surface area contributed by atoms with Crippen LogP contribution in [-0.4, -0.2) is 56.5 Å². The molecule has 0 bridgehead atoms. The van der Waals surface area contributed by atoms with Crippen molar-refractivity contribution < 1.29 is 21.6 Å². The van der Waals surface area contributed by atoms with Crippen LogP contribution < -0.4 is 0 Å². The van der Waals surface area contributed by atoms with Crippen molar-refractivity contribution in [2.24, 2.45) is 0 Å². The fourth-order valence-electron chi connectivity index (χ4n) is 1.19. The molecule has 0 radical (unpaired) electrons. The highest BCUT2D eigenvalue weighted by atomic mass is 79.9. The van der Waals surface area contributed by atoms with Crippen LogP contribution in [0.3, 0.4) is 0 Å². The fourth-order valence-corrected chi connectivity index (χ4v) is 2.35. The lowest BCUT2D eigenvalue weighted by Gasteiger charge is -2.22. The van der Waals surface area contributed by atoms with Gasteiger partial charge >= 0.3 is 6.18 Å². The van der Waals surface area contributed by atoms with E-state index >= 15 is 0 Å². The molecule has 0 aromatic carbocycles. The molecule has 0 aliphatic heterocycles. The van der Waals surface area contributed by atoms with Crippen molar-refractivity contribution in [1.29, 1.82) is 0 Å². The van der Waals surface area contributed by atoms with Gasteiger partial charge in [0.1, 0.15) is 9.84 Å². The summed E-state index contributed by atoms with van der Waals surface area (Å²) < 4.78 is 58.0. The summed E-state index contributed by atoms with van der Waals surface area (Å²) in [5.74, 6) is -0.0797. The summed E-state index contributed by atoms with van der Waals surface area (Å²) in [6, 6.07) is 0. The van der Waals surface area contributed by atoms with Crippen LogP contribution in [0.2, 0.25) is 0 Å². The Morgan fingerprint density at radius 1 is 1.25 bits per heavy atom. The van der Waals surface area contributed by atoms with Gasteiger partial charge in [0.15, 0.2) is 0 Å². The summed E-state index contributed by atoms with van der Waals surface area (Å²) in [5, 5.41) is 0.432. The second kappa shape index (κ2) is 6.80. The van der Waals surface area contributed by atoms with Gasteiger partial charge in [-0.1, -0.05) is 15.9 Å². The summed E-state index contributed by atoms with van der Waals surface area (Å²) in [5.41, 5.74) is 0. The maximum absolute atomic E-state index is 12.1. The fraction of sp³-hybridized carbons (Fsp3) is 1.00. The smallest absolute Gasteiger partial charge is 0.294 e. The van der Waals surface area contributed by atoms with Crippen LogP contribution in [0, 0.1) is 0 Å². The number of nitrogens with zero attached hydrogens (tertiary/aromatic N) is 1. The first-order chi connectivity index (χ1) is 7.14. The van der Waals surface area contributed by atoms with Gasteiger partial charge < -0.3 is 0 Å². The maximum atomic E-state index is 12.1. The van der Waals surface area contributed by atoms with E-state index in [0.717, 1.165) is 6.26 Å². The molecule has 0 saturated heterocycles. The molecule has 0 aliphatic carbocycles. The van der Waals surface area contributed by atoms with Crippen molar-refractivity contribution in [3.05, 3.63) is 0 Å². The third kappa shape index (κ3) is 10.7. The molecule has 0 fully saturated rings. The second-order valence-electron chi connectivity index (χ2n) is 3.56. The molecule has 0 saturated carbocycles. The van der Waals surface area contributed by atoms with E-state index in [4.69, 9.17) is 0 Å². The molecule has 0 N–H and O–H groups in total. The van der Waals surface area contributed by atoms with Gasteiger partial charge in [-0.15, -0.1) is 0 Å². The third-order valence-corrected chi connectivity index (χ3v) is 3.18. The molecular weight excluding hydrogens is 311 g/mol. The average molecular weight is 326 g/mol. The highest BCUT2D eigenvalue weighted by Crippen LogP contribution is 2.16. The Hall–Kier alpha value is 0.180. The van der Waals surface area contributed by atoms with Crippen molar-refractivity contribution in [3.8, 4) is 0 Å². The minimum Gasteiger partial charge on any atom is -0.294 e. The van der Waals surface area contributed by atoms with Crippen molar-refractivity contribution in [1.82, 2.24) is 4.90 Å². The molecule has 8 heteroatoms. The van der Waals surface area contributed by atoms with E-state index in [9.17, 15) is 21.6 Å². The lowest BCUT2D eigenvalue weighted by atomic mass is 10.4. The number of sulfone groups is 1. The Labute approximate surface area is 102 Å². The topological polar surface area (TPSA) is 37.4 Å². The molecule has 0 spiro atoms. The number of halogens is 4. The van der Waals surface area contributed by atoms with Gasteiger partial charge in [-0.25, -0.2) is 8.42 Å². The Balaban J connectivity index is 4.04. The van der Waals surface area contributed by atoms with Crippen LogP contribution in [0.1, 0.15) is 6.42 Å². The number of hydrogen-bond acceptors (Lipinski definition) is 3. The highest BCUT2D eigenvalue weighted by Gasteiger charge is 2.30. The predicted octanol–water partition coefficient (Wildman–Crippen LogP) is 1.68. The maximum Gasteiger partial charge on any atom is 0.401 e. The van der Waals surface area contributed by atoms with Crippen LogP contribution in [-0.2, 0) is 9.84 Å². The molecular formula is C8H15BrF3NO2S. The number of alkyl halides is 4. The third-order valence-electron chi connectivity index (χ3n) is 1.79. The second-order valence-corrected chi connectivity index (χ2v) is 6.62. The molecule has 16 heavy (non-hydrogen) atoms. The van der Waals surface area contributed by atoms with E-state index in [1.807, 2.05) is 0 Å². The zero-order valence-corrected chi connectivity index (χ0v) is 11.3. The molecule has 3 nitrogen and oxygen atoms in total. The van der Waals surface area contributed by atoms with Crippen LogP contribution >= 0.6 is 15.9 Å². The van der Waals surface area contributed by atoms with E-state index in [-0.39, 0.29) is 25.3 Å². The summed E-state index contributed by atoms with van der Waals surface area (Å²) in [7, 11) is -3.10. The zero-order valence-electron chi connectivity index (χ0n) is 8.93.